The molecule has 1 amide bonds. The number of nitrogens with two attached hydrogens (primary N) is 1. The molecule has 1 aromatic rings. The second-order valence-electron chi connectivity index (χ2n) is 5.57. The number of benzene rings is 1. The van der Waals surface area contributed by atoms with Crippen LogP contribution in [0.2, 0.25) is 0 Å². The van der Waals surface area contributed by atoms with Crippen molar-refractivity contribution in [1.82, 2.24) is 4.90 Å². The summed E-state index contributed by atoms with van der Waals surface area (Å²) in [7, 11) is 1.75. The Morgan fingerprint density at radius 3 is 3.10 bits per heavy atom. The second kappa shape index (κ2) is 7.41. The highest BCUT2D eigenvalue weighted by molar-refractivity contribution is 5.92. The highest BCUT2D eigenvalue weighted by Crippen LogP contribution is 2.21. The molecule has 1 aliphatic heterocycles. The van der Waals surface area contributed by atoms with Gasteiger partial charge >= 0.3 is 0 Å². The highest BCUT2D eigenvalue weighted by Gasteiger charge is 2.22. The Bertz CT molecular complexity index is 448. The molecule has 1 heterocycles. The Balaban J connectivity index is 1.82. The fourth-order valence-corrected chi connectivity index (χ4v) is 2.90. The molecule has 1 aromatic carbocycles. The van der Waals surface area contributed by atoms with Gasteiger partial charge in [0, 0.05) is 32.4 Å². The average Bonchev–Trinajstić information content (AvgIpc) is 2.87. The fourth-order valence-electron chi connectivity index (χ4n) is 2.90. The largest absolute Gasteiger partial charge is 0.385 e. The van der Waals surface area contributed by atoms with E-state index in [1.54, 1.807) is 13.2 Å². The fraction of sp³-hybridized carbons (Fsp3) is 0.562. The molecule has 0 bridgehead atoms. The number of hydrogen-bond acceptors (Lipinski definition) is 3. The van der Waals surface area contributed by atoms with Crippen LogP contribution in [-0.4, -0.2) is 44.2 Å². The molecular weight excluding hydrogens is 252 g/mol. The van der Waals surface area contributed by atoms with Gasteiger partial charge in [0.25, 0.3) is 0 Å². The molecule has 4 heteroatoms. The molecule has 0 radical (unpaired) electrons. The third kappa shape index (κ3) is 4.32. The quantitative estimate of drug-likeness (QED) is 0.771. The minimum absolute atomic E-state index is 0.348. The van der Waals surface area contributed by atoms with Gasteiger partial charge in [-0.3, -0.25) is 4.79 Å². The van der Waals surface area contributed by atoms with E-state index in [0.29, 0.717) is 11.5 Å². The molecule has 0 aliphatic carbocycles. The van der Waals surface area contributed by atoms with Crippen molar-refractivity contribution in [3.05, 3.63) is 35.4 Å². The zero-order valence-electron chi connectivity index (χ0n) is 12.2. The summed E-state index contributed by atoms with van der Waals surface area (Å²) in [5, 5.41) is 0. The maximum atomic E-state index is 11.2. The Morgan fingerprint density at radius 2 is 2.35 bits per heavy atom. The Kier molecular flexibility index (Phi) is 5.56. The van der Waals surface area contributed by atoms with Crippen molar-refractivity contribution < 1.29 is 9.53 Å². The molecule has 4 nitrogen and oxygen atoms in total. The van der Waals surface area contributed by atoms with Gasteiger partial charge < -0.3 is 15.4 Å². The summed E-state index contributed by atoms with van der Waals surface area (Å²) in [6, 6.07) is 7.70. The Labute approximate surface area is 120 Å². The van der Waals surface area contributed by atoms with Crippen molar-refractivity contribution in [2.45, 2.75) is 19.3 Å². The van der Waals surface area contributed by atoms with Crippen LogP contribution in [0.1, 0.15) is 28.8 Å². The minimum atomic E-state index is -0.348. The van der Waals surface area contributed by atoms with Gasteiger partial charge in [-0.15, -0.1) is 0 Å². The number of likely N-dealkylation sites (tertiary alicyclic amines) is 1. The van der Waals surface area contributed by atoms with E-state index >= 15 is 0 Å². The molecule has 110 valence electrons. The summed E-state index contributed by atoms with van der Waals surface area (Å²) in [6.07, 6.45) is 3.36. The lowest BCUT2D eigenvalue weighted by molar-refractivity contribution is 0.1000. The first-order chi connectivity index (χ1) is 9.69. The predicted molar refractivity (Wildman–Crippen MR) is 79.7 cm³/mol. The number of carbonyl (C=O) groups is 1. The van der Waals surface area contributed by atoms with Crippen LogP contribution >= 0.6 is 0 Å². The van der Waals surface area contributed by atoms with E-state index in [1.165, 1.54) is 18.5 Å². The topological polar surface area (TPSA) is 55.6 Å². The van der Waals surface area contributed by atoms with Crippen molar-refractivity contribution in [3.63, 3.8) is 0 Å². The molecule has 20 heavy (non-hydrogen) atoms. The third-order valence-electron chi connectivity index (χ3n) is 3.93. The molecule has 0 unspecified atom stereocenters. The lowest BCUT2D eigenvalue weighted by Gasteiger charge is -2.15. The molecule has 2 N–H and O–H groups in total. The summed E-state index contributed by atoms with van der Waals surface area (Å²) in [4.78, 5) is 13.7. The monoisotopic (exact) mass is 276 g/mol. The average molecular weight is 276 g/mol. The number of carbonyl (C=O) groups excluding carboxylic acids is 1. The molecule has 1 fully saturated rings. The van der Waals surface area contributed by atoms with Crippen LogP contribution in [0.5, 0.6) is 0 Å². The summed E-state index contributed by atoms with van der Waals surface area (Å²) >= 11 is 0. The van der Waals surface area contributed by atoms with E-state index in [9.17, 15) is 4.79 Å². The van der Waals surface area contributed by atoms with Crippen LogP contribution in [0.25, 0.3) is 0 Å². The van der Waals surface area contributed by atoms with Gasteiger partial charge in [-0.25, -0.2) is 0 Å². The van der Waals surface area contributed by atoms with Crippen molar-refractivity contribution in [1.29, 1.82) is 0 Å². The highest BCUT2D eigenvalue weighted by atomic mass is 16.5. The van der Waals surface area contributed by atoms with Crippen LogP contribution < -0.4 is 5.73 Å². The Morgan fingerprint density at radius 1 is 1.50 bits per heavy atom. The van der Waals surface area contributed by atoms with E-state index in [4.69, 9.17) is 10.5 Å². The molecule has 0 spiro atoms. The van der Waals surface area contributed by atoms with Crippen molar-refractivity contribution in [3.8, 4) is 0 Å². The lowest BCUT2D eigenvalue weighted by Crippen LogP contribution is -2.23. The number of rotatable bonds is 7. The Hall–Kier alpha value is -1.39. The SMILES string of the molecule is COCCCN1CC[C@@H](Cc2cccc(C(N)=O)c2)C1. The first kappa shape index (κ1) is 15.0. The maximum Gasteiger partial charge on any atom is 0.248 e. The van der Waals surface area contributed by atoms with Crippen LogP contribution in [0.3, 0.4) is 0 Å². The summed E-state index contributed by atoms with van der Waals surface area (Å²) < 4.78 is 5.09. The number of primary amides is 1. The van der Waals surface area contributed by atoms with E-state index in [-0.39, 0.29) is 5.91 Å². The van der Waals surface area contributed by atoms with Gasteiger partial charge in [-0.1, -0.05) is 12.1 Å². The zero-order chi connectivity index (χ0) is 14.4. The number of nitrogens with zero attached hydrogens (tertiary/aromatic N) is 1. The molecule has 1 saturated heterocycles. The number of hydrogen-bond donors (Lipinski definition) is 1. The van der Waals surface area contributed by atoms with Crippen LogP contribution in [0.15, 0.2) is 24.3 Å². The second-order valence-corrected chi connectivity index (χ2v) is 5.57. The predicted octanol–water partition coefficient (Wildman–Crippen LogP) is 1.69. The van der Waals surface area contributed by atoms with Crippen LogP contribution in [0, 0.1) is 5.92 Å². The first-order valence-corrected chi connectivity index (χ1v) is 7.29. The third-order valence-corrected chi connectivity index (χ3v) is 3.93. The van der Waals surface area contributed by atoms with E-state index in [2.05, 4.69) is 11.0 Å². The smallest absolute Gasteiger partial charge is 0.248 e. The number of amides is 1. The maximum absolute atomic E-state index is 11.2. The van der Waals surface area contributed by atoms with Crippen LogP contribution in [-0.2, 0) is 11.2 Å². The van der Waals surface area contributed by atoms with E-state index in [1.807, 2.05) is 12.1 Å². The van der Waals surface area contributed by atoms with Crippen LogP contribution in [0.4, 0.5) is 0 Å². The van der Waals surface area contributed by atoms with E-state index < -0.39 is 0 Å². The molecule has 1 atom stereocenters. The van der Waals surface area contributed by atoms with Gasteiger partial charge in [0.2, 0.25) is 5.91 Å². The summed E-state index contributed by atoms with van der Waals surface area (Å²) in [5.74, 6) is 0.333. The van der Waals surface area contributed by atoms with Gasteiger partial charge in [0.15, 0.2) is 0 Å². The lowest BCUT2D eigenvalue weighted by atomic mass is 9.97. The number of ether oxygens (including phenoxy) is 1. The van der Waals surface area contributed by atoms with Gasteiger partial charge in [-0.2, -0.15) is 0 Å². The standard InChI is InChI=1S/C16H24N2O2/c1-20-9-3-7-18-8-6-14(12-18)10-13-4-2-5-15(11-13)16(17)19/h2,4-5,11,14H,3,6-10,12H2,1H3,(H2,17,19)/t14-/m0/s1. The van der Waals surface area contributed by atoms with Gasteiger partial charge in [0.05, 0.1) is 0 Å². The normalized spacial score (nSPS) is 19.4. The first-order valence-electron chi connectivity index (χ1n) is 7.29. The molecule has 1 aliphatic rings. The number of methoxy groups -OCH3 is 1. The van der Waals surface area contributed by atoms with Crippen molar-refractivity contribution in [2.24, 2.45) is 11.7 Å². The summed E-state index contributed by atoms with van der Waals surface area (Å²) in [6.45, 7) is 4.27. The van der Waals surface area contributed by atoms with Crippen molar-refractivity contribution >= 4 is 5.91 Å². The van der Waals surface area contributed by atoms with E-state index in [0.717, 1.165) is 32.5 Å². The van der Waals surface area contributed by atoms with Gasteiger partial charge in [0.1, 0.15) is 0 Å². The van der Waals surface area contributed by atoms with Gasteiger partial charge in [-0.05, 0) is 49.4 Å². The molecule has 0 aromatic heterocycles. The minimum Gasteiger partial charge on any atom is -0.385 e. The summed E-state index contributed by atoms with van der Waals surface area (Å²) in [5.41, 5.74) is 7.14. The molecule has 2 rings (SSSR count). The zero-order valence-corrected chi connectivity index (χ0v) is 12.2. The van der Waals surface area contributed by atoms with Crippen molar-refractivity contribution in [2.75, 3.05) is 33.4 Å². The molecule has 0 saturated carbocycles. The molecular formula is C16H24N2O2.